The van der Waals surface area contributed by atoms with Crippen molar-refractivity contribution in [1.82, 2.24) is 0 Å². The molecule has 0 radical (unpaired) electrons. The maximum atomic E-state index is 12.3. The number of allylic oxidation sites excluding steroid dienone is 2. The third kappa shape index (κ3) is 3.28. The Labute approximate surface area is 127 Å². The first kappa shape index (κ1) is 17.7. The van der Waals surface area contributed by atoms with Crippen molar-refractivity contribution in [2.45, 2.75) is 53.6 Å². The molecule has 0 amide bonds. The lowest BCUT2D eigenvalue weighted by Crippen LogP contribution is -2.50. The number of hydrogen-bond acceptors (Lipinski definition) is 3. The molecule has 21 heavy (non-hydrogen) atoms. The van der Waals surface area contributed by atoms with Gasteiger partial charge in [-0.05, 0) is 37.0 Å². The minimum atomic E-state index is -1.33. The van der Waals surface area contributed by atoms with E-state index < -0.39 is 11.0 Å². The molecule has 0 aliphatic heterocycles. The van der Waals surface area contributed by atoms with Crippen molar-refractivity contribution in [1.29, 1.82) is 0 Å². The highest BCUT2D eigenvalue weighted by Gasteiger charge is 2.50. The number of carbonyl (C=O) groups is 1. The van der Waals surface area contributed by atoms with Gasteiger partial charge in [0.2, 0.25) is 0 Å². The first-order chi connectivity index (χ1) is 9.56. The van der Waals surface area contributed by atoms with Gasteiger partial charge in [-0.25, -0.2) is 0 Å². The molecule has 0 fully saturated rings. The number of carbonyl (C=O) groups excluding carboxylic acids is 1. The van der Waals surface area contributed by atoms with Crippen LogP contribution in [0.5, 0.6) is 0 Å². The zero-order chi connectivity index (χ0) is 16.4. The standard InChI is InChI=1S/C18H26O3/c1-12(2)16-14(4)18(21,9-7-13(3)8-10-19)17(5,6)11-15(16)20/h8,12,19,21H,10-11H2,1-6H3/b13-8-. The summed E-state index contributed by atoms with van der Waals surface area (Å²) in [6, 6.07) is 0. The largest absolute Gasteiger partial charge is 0.392 e. The van der Waals surface area contributed by atoms with E-state index >= 15 is 0 Å². The smallest absolute Gasteiger partial charge is 0.159 e. The fourth-order valence-electron chi connectivity index (χ4n) is 2.93. The number of aliphatic hydroxyl groups excluding tert-OH is 1. The fraction of sp³-hybridized carbons (Fsp3) is 0.611. The summed E-state index contributed by atoms with van der Waals surface area (Å²) in [4.78, 5) is 12.3. The highest BCUT2D eigenvalue weighted by atomic mass is 16.3. The Morgan fingerprint density at radius 2 is 2.00 bits per heavy atom. The molecule has 0 bridgehead atoms. The van der Waals surface area contributed by atoms with Crippen molar-refractivity contribution in [3.05, 3.63) is 22.8 Å². The van der Waals surface area contributed by atoms with Crippen molar-refractivity contribution in [3.8, 4) is 11.8 Å². The number of ketones is 1. The zero-order valence-electron chi connectivity index (χ0n) is 13.9. The summed E-state index contributed by atoms with van der Waals surface area (Å²) in [5, 5.41) is 20.0. The van der Waals surface area contributed by atoms with Crippen LogP contribution in [0, 0.1) is 23.2 Å². The highest BCUT2D eigenvalue weighted by molar-refractivity contribution is 5.99. The summed E-state index contributed by atoms with van der Waals surface area (Å²) in [5.74, 6) is 6.02. The lowest BCUT2D eigenvalue weighted by Gasteiger charge is -2.44. The second-order valence-corrected chi connectivity index (χ2v) is 6.71. The summed E-state index contributed by atoms with van der Waals surface area (Å²) in [7, 11) is 0. The van der Waals surface area contributed by atoms with E-state index in [-0.39, 0.29) is 24.7 Å². The van der Waals surface area contributed by atoms with Crippen LogP contribution in [0.1, 0.15) is 48.0 Å². The molecule has 0 aromatic heterocycles. The number of hydrogen-bond donors (Lipinski definition) is 2. The molecule has 0 saturated heterocycles. The zero-order valence-corrected chi connectivity index (χ0v) is 13.9. The van der Waals surface area contributed by atoms with Gasteiger partial charge in [-0.2, -0.15) is 0 Å². The van der Waals surface area contributed by atoms with E-state index in [0.29, 0.717) is 16.7 Å². The summed E-state index contributed by atoms with van der Waals surface area (Å²) >= 11 is 0. The Bertz CT molecular complexity index is 553. The van der Waals surface area contributed by atoms with E-state index in [9.17, 15) is 9.90 Å². The maximum Gasteiger partial charge on any atom is 0.159 e. The second kappa shape index (κ2) is 6.17. The van der Waals surface area contributed by atoms with Gasteiger partial charge in [-0.15, -0.1) is 0 Å². The molecule has 0 aromatic carbocycles. The molecule has 0 heterocycles. The van der Waals surface area contributed by atoms with Crippen LogP contribution in [-0.2, 0) is 4.79 Å². The Hall–Kier alpha value is -1.37. The van der Waals surface area contributed by atoms with E-state index in [4.69, 9.17) is 5.11 Å². The van der Waals surface area contributed by atoms with Gasteiger partial charge >= 0.3 is 0 Å². The van der Waals surface area contributed by atoms with Gasteiger partial charge in [0.05, 0.1) is 6.61 Å². The molecule has 0 aromatic rings. The monoisotopic (exact) mass is 290 g/mol. The van der Waals surface area contributed by atoms with Gasteiger partial charge in [0.25, 0.3) is 0 Å². The molecule has 1 atom stereocenters. The van der Waals surface area contributed by atoms with Crippen LogP contribution in [0.2, 0.25) is 0 Å². The fourth-order valence-corrected chi connectivity index (χ4v) is 2.93. The lowest BCUT2D eigenvalue weighted by atomic mass is 9.61. The van der Waals surface area contributed by atoms with Crippen molar-refractivity contribution < 1.29 is 15.0 Å². The molecular weight excluding hydrogens is 264 g/mol. The molecule has 1 unspecified atom stereocenters. The molecule has 1 rings (SSSR count). The van der Waals surface area contributed by atoms with Gasteiger partial charge in [0.1, 0.15) is 0 Å². The Kier molecular flexibility index (Phi) is 5.20. The first-order valence-electron chi connectivity index (χ1n) is 7.34. The normalized spacial score (nSPS) is 26.0. The third-order valence-electron chi connectivity index (χ3n) is 4.24. The van der Waals surface area contributed by atoms with Gasteiger partial charge in [0, 0.05) is 17.4 Å². The van der Waals surface area contributed by atoms with Gasteiger partial charge in [-0.1, -0.05) is 39.5 Å². The molecule has 1 aliphatic rings. The first-order valence-corrected chi connectivity index (χ1v) is 7.34. The van der Waals surface area contributed by atoms with E-state index in [0.717, 1.165) is 0 Å². The molecule has 0 spiro atoms. The second-order valence-electron chi connectivity index (χ2n) is 6.71. The SMILES string of the molecule is CC1=C(C(C)C)C(=O)CC(C)(C)C1(O)C#C/C(C)=C\CO. The van der Waals surface area contributed by atoms with Crippen LogP contribution in [0.15, 0.2) is 22.8 Å². The average molecular weight is 290 g/mol. The van der Waals surface area contributed by atoms with Gasteiger partial charge < -0.3 is 10.2 Å². The molecular formula is C18H26O3. The minimum Gasteiger partial charge on any atom is -0.392 e. The van der Waals surface area contributed by atoms with E-state index in [2.05, 4.69) is 11.8 Å². The number of aliphatic hydroxyl groups is 2. The molecule has 3 heteroatoms. The quantitative estimate of drug-likeness (QED) is 0.769. The topological polar surface area (TPSA) is 57.5 Å². The third-order valence-corrected chi connectivity index (χ3v) is 4.24. The highest BCUT2D eigenvalue weighted by Crippen LogP contribution is 2.46. The Balaban J connectivity index is 3.47. The van der Waals surface area contributed by atoms with Crippen molar-refractivity contribution >= 4 is 5.78 Å². The predicted octanol–water partition coefficient (Wildman–Crippen LogP) is 2.63. The Morgan fingerprint density at radius 1 is 1.43 bits per heavy atom. The molecule has 1 aliphatic carbocycles. The average Bonchev–Trinajstić information content (AvgIpc) is 2.33. The van der Waals surface area contributed by atoms with Crippen molar-refractivity contribution in [2.75, 3.05) is 6.61 Å². The van der Waals surface area contributed by atoms with Crippen LogP contribution in [0.3, 0.4) is 0 Å². The molecule has 3 nitrogen and oxygen atoms in total. The summed E-state index contributed by atoms with van der Waals surface area (Å²) in [6.07, 6.45) is 1.88. The summed E-state index contributed by atoms with van der Waals surface area (Å²) in [6.45, 7) is 11.2. The number of Topliss-reactive ketones (excluding diaryl/α,β-unsaturated/α-hetero) is 1. The molecule has 2 N–H and O–H groups in total. The lowest BCUT2D eigenvalue weighted by molar-refractivity contribution is -0.123. The molecule has 116 valence electrons. The van der Waals surface area contributed by atoms with Crippen molar-refractivity contribution in [2.24, 2.45) is 11.3 Å². The van der Waals surface area contributed by atoms with Crippen molar-refractivity contribution in [3.63, 3.8) is 0 Å². The van der Waals surface area contributed by atoms with E-state index in [1.165, 1.54) is 0 Å². The van der Waals surface area contributed by atoms with E-state index in [1.807, 2.05) is 27.7 Å². The number of rotatable bonds is 2. The van der Waals surface area contributed by atoms with Crippen LogP contribution >= 0.6 is 0 Å². The van der Waals surface area contributed by atoms with Crippen LogP contribution in [0.25, 0.3) is 0 Å². The van der Waals surface area contributed by atoms with Gasteiger partial charge in [0.15, 0.2) is 11.4 Å². The maximum absolute atomic E-state index is 12.3. The Morgan fingerprint density at radius 3 is 2.48 bits per heavy atom. The van der Waals surface area contributed by atoms with Gasteiger partial charge in [-0.3, -0.25) is 4.79 Å². The van der Waals surface area contributed by atoms with Crippen LogP contribution < -0.4 is 0 Å². The van der Waals surface area contributed by atoms with E-state index in [1.54, 1.807) is 19.9 Å². The minimum absolute atomic E-state index is 0.0657. The summed E-state index contributed by atoms with van der Waals surface area (Å²) in [5.41, 5.74) is 0.0832. The predicted molar refractivity (Wildman–Crippen MR) is 84.5 cm³/mol. The van der Waals surface area contributed by atoms with Crippen LogP contribution in [0.4, 0.5) is 0 Å². The van der Waals surface area contributed by atoms with Crippen LogP contribution in [-0.4, -0.2) is 28.2 Å². The summed E-state index contributed by atoms with van der Waals surface area (Å²) < 4.78 is 0. The molecule has 0 saturated carbocycles.